The highest BCUT2D eigenvalue weighted by Gasteiger charge is 2.22. The van der Waals surface area contributed by atoms with Crippen molar-refractivity contribution in [3.8, 4) is 0 Å². The average Bonchev–Trinajstić information content (AvgIpc) is 2.92. The van der Waals surface area contributed by atoms with E-state index in [-0.39, 0.29) is 6.04 Å². The van der Waals surface area contributed by atoms with Crippen LogP contribution >= 0.6 is 27.7 Å². The Labute approximate surface area is 129 Å². The van der Waals surface area contributed by atoms with Crippen LogP contribution in [-0.2, 0) is 0 Å². The van der Waals surface area contributed by atoms with Gasteiger partial charge in [-0.1, -0.05) is 47.8 Å². The number of rotatable bonds is 6. The Kier molecular flexibility index (Phi) is 6.24. The van der Waals surface area contributed by atoms with E-state index < -0.39 is 0 Å². The van der Waals surface area contributed by atoms with Crippen LogP contribution < -0.4 is 5.73 Å². The fourth-order valence-electron chi connectivity index (χ4n) is 2.78. The fourth-order valence-corrected chi connectivity index (χ4v) is 4.79. The van der Waals surface area contributed by atoms with Crippen molar-refractivity contribution in [2.24, 2.45) is 11.7 Å². The van der Waals surface area contributed by atoms with Gasteiger partial charge in [0.15, 0.2) is 0 Å². The number of hydrogen-bond acceptors (Lipinski definition) is 2. The first-order valence-electron chi connectivity index (χ1n) is 7.33. The quantitative estimate of drug-likeness (QED) is 0.774. The van der Waals surface area contributed by atoms with Crippen molar-refractivity contribution in [3.63, 3.8) is 0 Å². The van der Waals surface area contributed by atoms with Crippen molar-refractivity contribution >= 4 is 27.7 Å². The predicted octanol–water partition coefficient (Wildman–Crippen LogP) is 5.15. The van der Waals surface area contributed by atoms with Gasteiger partial charge in [-0.15, -0.1) is 0 Å². The van der Waals surface area contributed by atoms with Crippen molar-refractivity contribution in [1.82, 2.24) is 0 Å². The number of benzene rings is 1. The highest BCUT2D eigenvalue weighted by atomic mass is 79.9. The summed E-state index contributed by atoms with van der Waals surface area (Å²) < 4.78 is 1.15. The van der Waals surface area contributed by atoms with Crippen molar-refractivity contribution in [1.29, 1.82) is 0 Å². The molecule has 1 aromatic rings. The molecule has 2 atom stereocenters. The Bertz CT molecular complexity index is 390. The highest BCUT2D eigenvalue weighted by Crippen LogP contribution is 2.38. The summed E-state index contributed by atoms with van der Waals surface area (Å²) in [5.41, 5.74) is 7.72. The third-order valence-corrected chi connectivity index (χ3v) is 6.16. The smallest absolute Gasteiger partial charge is 0.0448 e. The largest absolute Gasteiger partial charge is 0.326 e. The summed E-state index contributed by atoms with van der Waals surface area (Å²) in [6.45, 7) is 2.19. The molecule has 1 aliphatic rings. The molecule has 1 aliphatic carbocycles. The minimum Gasteiger partial charge on any atom is -0.326 e. The molecular weight excluding hydrogens is 318 g/mol. The summed E-state index contributed by atoms with van der Waals surface area (Å²) in [7, 11) is 0. The SMILES string of the molecule is CCC(N)C(SCC1CCCC1)c1cccc(Br)c1. The van der Waals surface area contributed by atoms with E-state index in [9.17, 15) is 0 Å². The van der Waals surface area contributed by atoms with Gasteiger partial charge in [-0.25, -0.2) is 0 Å². The maximum Gasteiger partial charge on any atom is 0.0448 e. The van der Waals surface area contributed by atoms with Gasteiger partial charge in [-0.2, -0.15) is 11.8 Å². The molecule has 3 heteroatoms. The van der Waals surface area contributed by atoms with Crippen molar-refractivity contribution in [3.05, 3.63) is 34.3 Å². The van der Waals surface area contributed by atoms with Gasteiger partial charge in [0, 0.05) is 15.8 Å². The monoisotopic (exact) mass is 341 g/mol. The first-order chi connectivity index (χ1) is 9.20. The van der Waals surface area contributed by atoms with Gasteiger partial charge in [-0.05, 0) is 48.6 Å². The van der Waals surface area contributed by atoms with Gasteiger partial charge in [0.05, 0.1) is 0 Å². The van der Waals surface area contributed by atoms with Gasteiger partial charge >= 0.3 is 0 Å². The molecule has 106 valence electrons. The molecule has 0 amide bonds. The number of nitrogens with two attached hydrogens (primary N) is 1. The predicted molar refractivity (Wildman–Crippen MR) is 89.6 cm³/mol. The normalized spacial score (nSPS) is 19.5. The van der Waals surface area contributed by atoms with E-state index in [1.807, 2.05) is 0 Å². The lowest BCUT2D eigenvalue weighted by atomic mass is 10.0. The molecule has 19 heavy (non-hydrogen) atoms. The van der Waals surface area contributed by atoms with Crippen LogP contribution in [0.5, 0.6) is 0 Å². The van der Waals surface area contributed by atoms with E-state index in [1.54, 1.807) is 0 Å². The van der Waals surface area contributed by atoms with Crippen LogP contribution in [0.1, 0.15) is 49.8 Å². The van der Waals surface area contributed by atoms with Gasteiger partial charge in [-0.3, -0.25) is 0 Å². The second-order valence-corrected chi connectivity index (χ2v) is 7.62. The summed E-state index contributed by atoms with van der Waals surface area (Å²) in [5.74, 6) is 2.19. The van der Waals surface area contributed by atoms with E-state index in [1.165, 1.54) is 37.0 Å². The second-order valence-electron chi connectivity index (χ2n) is 5.53. The fraction of sp³-hybridized carbons (Fsp3) is 0.625. The van der Waals surface area contributed by atoms with Crippen LogP contribution in [0.25, 0.3) is 0 Å². The summed E-state index contributed by atoms with van der Waals surface area (Å²) in [6, 6.07) is 8.89. The Morgan fingerprint density at radius 3 is 2.74 bits per heavy atom. The molecule has 1 fully saturated rings. The lowest BCUT2D eigenvalue weighted by Gasteiger charge is -2.24. The Balaban J connectivity index is 2.02. The molecule has 1 aromatic carbocycles. The van der Waals surface area contributed by atoms with Crippen molar-refractivity contribution in [2.75, 3.05) is 5.75 Å². The maximum absolute atomic E-state index is 6.35. The van der Waals surface area contributed by atoms with Crippen LogP contribution in [0.2, 0.25) is 0 Å². The van der Waals surface area contributed by atoms with E-state index in [2.05, 4.69) is 58.9 Å². The van der Waals surface area contributed by atoms with E-state index in [0.29, 0.717) is 5.25 Å². The Morgan fingerprint density at radius 2 is 2.11 bits per heavy atom. The van der Waals surface area contributed by atoms with Crippen LogP contribution in [-0.4, -0.2) is 11.8 Å². The highest BCUT2D eigenvalue weighted by molar-refractivity contribution is 9.10. The summed E-state index contributed by atoms with van der Waals surface area (Å²) >= 11 is 5.64. The van der Waals surface area contributed by atoms with Gasteiger partial charge < -0.3 is 5.73 Å². The molecular formula is C16H24BrNS. The maximum atomic E-state index is 6.35. The topological polar surface area (TPSA) is 26.0 Å². The van der Waals surface area contributed by atoms with Gasteiger partial charge in [0.1, 0.15) is 0 Å². The molecule has 1 nitrogen and oxygen atoms in total. The summed E-state index contributed by atoms with van der Waals surface area (Å²) in [5, 5.41) is 0.433. The first kappa shape index (κ1) is 15.4. The van der Waals surface area contributed by atoms with Gasteiger partial charge in [0.2, 0.25) is 0 Å². The first-order valence-corrected chi connectivity index (χ1v) is 9.17. The van der Waals surface area contributed by atoms with Crippen LogP contribution in [0, 0.1) is 5.92 Å². The van der Waals surface area contributed by atoms with Crippen LogP contribution in [0.4, 0.5) is 0 Å². The molecule has 1 saturated carbocycles. The van der Waals surface area contributed by atoms with E-state index >= 15 is 0 Å². The lowest BCUT2D eigenvalue weighted by molar-refractivity contribution is 0.607. The molecule has 0 aromatic heterocycles. The number of halogens is 1. The number of hydrogen-bond donors (Lipinski definition) is 1. The van der Waals surface area contributed by atoms with Crippen molar-refractivity contribution < 1.29 is 0 Å². The molecule has 0 aliphatic heterocycles. The van der Waals surface area contributed by atoms with E-state index in [0.717, 1.165) is 16.8 Å². The minimum absolute atomic E-state index is 0.251. The van der Waals surface area contributed by atoms with Crippen LogP contribution in [0.15, 0.2) is 28.7 Å². The number of thioether (sulfide) groups is 1. The minimum atomic E-state index is 0.251. The van der Waals surface area contributed by atoms with E-state index in [4.69, 9.17) is 5.73 Å². The molecule has 2 unspecified atom stereocenters. The Hall–Kier alpha value is 0.01000. The third-order valence-electron chi connectivity index (χ3n) is 4.02. The zero-order valence-corrected chi connectivity index (χ0v) is 14.1. The second kappa shape index (κ2) is 7.70. The summed E-state index contributed by atoms with van der Waals surface area (Å²) in [6.07, 6.45) is 6.72. The van der Waals surface area contributed by atoms with Crippen molar-refractivity contribution in [2.45, 2.75) is 50.3 Å². The molecule has 0 radical (unpaired) electrons. The lowest BCUT2D eigenvalue weighted by Crippen LogP contribution is -2.26. The molecule has 0 saturated heterocycles. The van der Waals surface area contributed by atoms with Crippen LogP contribution in [0.3, 0.4) is 0 Å². The molecule has 0 bridgehead atoms. The van der Waals surface area contributed by atoms with Gasteiger partial charge in [0.25, 0.3) is 0 Å². The molecule has 0 heterocycles. The average molecular weight is 342 g/mol. The standard InChI is InChI=1S/C16H24BrNS/c1-2-15(18)16(13-8-5-9-14(17)10-13)19-11-12-6-3-4-7-12/h5,8-10,12,15-16H,2-4,6-7,11,18H2,1H3. The zero-order valence-electron chi connectivity index (χ0n) is 11.6. The molecule has 0 spiro atoms. The third kappa shape index (κ3) is 4.51. The zero-order chi connectivity index (χ0) is 13.7. The Morgan fingerprint density at radius 1 is 1.37 bits per heavy atom. The summed E-state index contributed by atoms with van der Waals surface area (Å²) in [4.78, 5) is 0. The molecule has 2 rings (SSSR count). The molecule has 2 N–H and O–H groups in total.